The van der Waals surface area contributed by atoms with Crippen molar-refractivity contribution in [2.75, 3.05) is 27.3 Å². The van der Waals surface area contributed by atoms with Gasteiger partial charge in [-0.05, 0) is 38.1 Å². The number of benzene rings is 1. The second kappa shape index (κ2) is 5.50. The zero-order valence-electron chi connectivity index (χ0n) is 11.1. The molecule has 1 heterocycles. The molecule has 0 saturated heterocycles. The molecule has 0 fully saturated rings. The first kappa shape index (κ1) is 13.1. The Labute approximate surface area is 108 Å². The summed E-state index contributed by atoms with van der Waals surface area (Å²) >= 11 is 0. The molecule has 2 N–H and O–H groups in total. The summed E-state index contributed by atoms with van der Waals surface area (Å²) in [6.45, 7) is 1.64. The maximum atomic E-state index is 11.7. The van der Waals surface area contributed by atoms with Gasteiger partial charge in [-0.1, -0.05) is 24.3 Å². The van der Waals surface area contributed by atoms with Crippen molar-refractivity contribution >= 4 is 5.91 Å². The highest BCUT2D eigenvalue weighted by molar-refractivity contribution is 5.80. The number of hydrogen-bond acceptors (Lipinski definition) is 3. The predicted octanol–water partition coefficient (Wildman–Crippen LogP) is 0.460. The minimum Gasteiger partial charge on any atom is -0.368 e. The van der Waals surface area contributed by atoms with Crippen molar-refractivity contribution in [3.63, 3.8) is 0 Å². The molecule has 1 atom stereocenters. The average molecular weight is 247 g/mol. The highest BCUT2D eigenvalue weighted by atomic mass is 16.1. The summed E-state index contributed by atoms with van der Waals surface area (Å²) < 4.78 is 0. The van der Waals surface area contributed by atoms with E-state index in [0.29, 0.717) is 0 Å². The standard InChI is InChI=1S/C14H21N3O/c1-16(2)10-17-8-7-11-5-3-4-6-12(11)9-13(17)14(15)18/h3-6,13H,7-10H2,1-2H3,(H2,15,18). The van der Waals surface area contributed by atoms with E-state index in [1.54, 1.807) is 0 Å². The van der Waals surface area contributed by atoms with Gasteiger partial charge in [0, 0.05) is 6.54 Å². The van der Waals surface area contributed by atoms with Gasteiger partial charge in [-0.2, -0.15) is 0 Å². The van der Waals surface area contributed by atoms with Gasteiger partial charge in [0.1, 0.15) is 0 Å². The lowest BCUT2D eigenvalue weighted by Crippen LogP contribution is -2.49. The first-order valence-corrected chi connectivity index (χ1v) is 6.33. The molecule has 98 valence electrons. The molecule has 0 aromatic heterocycles. The van der Waals surface area contributed by atoms with E-state index in [-0.39, 0.29) is 11.9 Å². The highest BCUT2D eigenvalue weighted by Gasteiger charge is 2.27. The molecule has 2 rings (SSSR count). The van der Waals surface area contributed by atoms with E-state index in [2.05, 4.69) is 28.0 Å². The smallest absolute Gasteiger partial charge is 0.235 e. The fourth-order valence-corrected chi connectivity index (χ4v) is 2.57. The molecule has 1 aliphatic heterocycles. The van der Waals surface area contributed by atoms with Gasteiger partial charge in [0.25, 0.3) is 0 Å². The SMILES string of the molecule is CN(C)CN1CCc2ccccc2CC1C(N)=O. The van der Waals surface area contributed by atoms with E-state index in [9.17, 15) is 4.79 Å². The van der Waals surface area contributed by atoms with Crippen LogP contribution in [0.15, 0.2) is 24.3 Å². The third-order valence-electron chi connectivity index (χ3n) is 3.43. The molecule has 0 saturated carbocycles. The maximum Gasteiger partial charge on any atom is 0.235 e. The van der Waals surface area contributed by atoms with Crippen LogP contribution in [0.3, 0.4) is 0 Å². The Morgan fingerprint density at radius 1 is 1.39 bits per heavy atom. The number of primary amides is 1. The van der Waals surface area contributed by atoms with Gasteiger partial charge >= 0.3 is 0 Å². The third-order valence-corrected chi connectivity index (χ3v) is 3.43. The van der Waals surface area contributed by atoms with Crippen LogP contribution in [0.5, 0.6) is 0 Å². The second-order valence-corrected chi connectivity index (χ2v) is 5.17. The van der Waals surface area contributed by atoms with Crippen molar-refractivity contribution in [3.8, 4) is 0 Å². The largest absolute Gasteiger partial charge is 0.368 e. The van der Waals surface area contributed by atoms with Gasteiger partial charge in [-0.3, -0.25) is 14.6 Å². The lowest BCUT2D eigenvalue weighted by molar-refractivity contribution is -0.123. The summed E-state index contributed by atoms with van der Waals surface area (Å²) in [6.07, 6.45) is 1.70. The molecule has 1 aromatic carbocycles. The monoisotopic (exact) mass is 247 g/mol. The lowest BCUT2D eigenvalue weighted by Gasteiger charge is -2.30. The van der Waals surface area contributed by atoms with E-state index >= 15 is 0 Å². The summed E-state index contributed by atoms with van der Waals surface area (Å²) in [5.41, 5.74) is 8.15. The Kier molecular flexibility index (Phi) is 3.99. The molecule has 0 aliphatic carbocycles. The van der Waals surface area contributed by atoms with Crippen molar-refractivity contribution in [1.29, 1.82) is 0 Å². The van der Waals surface area contributed by atoms with Gasteiger partial charge in [0.05, 0.1) is 12.7 Å². The van der Waals surface area contributed by atoms with Crippen LogP contribution in [0.2, 0.25) is 0 Å². The van der Waals surface area contributed by atoms with E-state index in [0.717, 1.165) is 26.1 Å². The molecule has 4 nitrogen and oxygen atoms in total. The number of rotatable bonds is 3. The minimum atomic E-state index is -0.228. The maximum absolute atomic E-state index is 11.7. The molecule has 18 heavy (non-hydrogen) atoms. The Balaban J connectivity index is 2.24. The zero-order chi connectivity index (χ0) is 13.1. The molecule has 0 radical (unpaired) electrons. The Morgan fingerprint density at radius 2 is 2.06 bits per heavy atom. The van der Waals surface area contributed by atoms with Crippen molar-refractivity contribution in [2.45, 2.75) is 18.9 Å². The zero-order valence-corrected chi connectivity index (χ0v) is 11.1. The normalized spacial score (nSPS) is 20.5. The van der Waals surface area contributed by atoms with Crippen LogP contribution in [0.4, 0.5) is 0 Å². The van der Waals surface area contributed by atoms with E-state index < -0.39 is 0 Å². The Bertz CT molecular complexity index is 431. The van der Waals surface area contributed by atoms with E-state index in [4.69, 9.17) is 5.73 Å². The van der Waals surface area contributed by atoms with Gasteiger partial charge in [-0.25, -0.2) is 0 Å². The highest BCUT2D eigenvalue weighted by Crippen LogP contribution is 2.19. The summed E-state index contributed by atoms with van der Waals surface area (Å²) in [4.78, 5) is 15.9. The quantitative estimate of drug-likeness (QED) is 0.844. The fraction of sp³-hybridized carbons (Fsp3) is 0.500. The number of amides is 1. The number of hydrogen-bond donors (Lipinski definition) is 1. The molecule has 1 aromatic rings. The van der Waals surface area contributed by atoms with Crippen LogP contribution in [0, 0.1) is 0 Å². The number of carbonyl (C=O) groups is 1. The molecule has 1 unspecified atom stereocenters. The van der Waals surface area contributed by atoms with Gasteiger partial charge in [0.15, 0.2) is 0 Å². The van der Waals surface area contributed by atoms with Crippen LogP contribution in [-0.4, -0.2) is 49.1 Å². The van der Waals surface area contributed by atoms with Crippen molar-refractivity contribution < 1.29 is 4.79 Å². The fourth-order valence-electron chi connectivity index (χ4n) is 2.57. The first-order valence-electron chi connectivity index (χ1n) is 6.33. The number of nitrogens with two attached hydrogens (primary N) is 1. The van der Waals surface area contributed by atoms with Crippen LogP contribution in [0.25, 0.3) is 0 Å². The lowest BCUT2D eigenvalue weighted by atomic mass is 10.0. The van der Waals surface area contributed by atoms with Gasteiger partial charge < -0.3 is 5.73 Å². The van der Waals surface area contributed by atoms with Crippen molar-refractivity contribution in [1.82, 2.24) is 9.80 Å². The summed E-state index contributed by atoms with van der Waals surface area (Å²) in [5.74, 6) is -0.228. The third kappa shape index (κ3) is 2.89. The van der Waals surface area contributed by atoms with Crippen molar-refractivity contribution in [3.05, 3.63) is 35.4 Å². The van der Waals surface area contributed by atoms with Crippen molar-refractivity contribution in [2.24, 2.45) is 5.73 Å². The molecular formula is C14H21N3O. The topological polar surface area (TPSA) is 49.6 Å². The number of nitrogens with zero attached hydrogens (tertiary/aromatic N) is 2. The van der Waals surface area contributed by atoms with Crippen LogP contribution in [0.1, 0.15) is 11.1 Å². The number of carbonyl (C=O) groups excluding carboxylic acids is 1. The molecule has 1 aliphatic rings. The number of fused-ring (bicyclic) bond motifs is 1. The van der Waals surface area contributed by atoms with E-state index in [1.807, 2.05) is 20.2 Å². The Hall–Kier alpha value is -1.39. The molecule has 1 amide bonds. The first-order chi connectivity index (χ1) is 8.58. The Morgan fingerprint density at radius 3 is 2.67 bits per heavy atom. The minimum absolute atomic E-state index is 0.198. The van der Waals surface area contributed by atoms with Crippen LogP contribution in [-0.2, 0) is 17.6 Å². The predicted molar refractivity (Wildman–Crippen MR) is 72.1 cm³/mol. The molecule has 0 spiro atoms. The average Bonchev–Trinajstić information content (AvgIpc) is 2.49. The van der Waals surface area contributed by atoms with Crippen LogP contribution < -0.4 is 5.73 Å². The summed E-state index contributed by atoms with van der Waals surface area (Å²) in [6, 6.07) is 8.13. The molecular weight excluding hydrogens is 226 g/mol. The van der Waals surface area contributed by atoms with Gasteiger partial charge in [0.2, 0.25) is 5.91 Å². The van der Waals surface area contributed by atoms with Gasteiger partial charge in [-0.15, -0.1) is 0 Å². The second-order valence-electron chi connectivity index (χ2n) is 5.17. The summed E-state index contributed by atoms with van der Waals surface area (Å²) in [7, 11) is 4.02. The van der Waals surface area contributed by atoms with E-state index in [1.165, 1.54) is 11.1 Å². The molecule has 4 heteroatoms. The van der Waals surface area contributed by atoms with Crippen LogP contribution >= 0.6 is 0 Å². The summed E-state index contributed by atoms with van der Waals surface area (Å²) in [5, 5.41) is 0. The molecule has 0 bridgehead atoms.